The van der Waals surface area contributed by atoms with Crippen LogP contribution < -0.4 is 10.0 Å². The molecule has 3 aromatic carbocycles. The highest BCUT2D eigenvalue weighted by atomic mass is 32.2. The van der Waals surface area contributed by atoms with E-state index in [-0.39, 0.29) is 16.1 Å². The van der Waals surface area contributed by atoms with Crippen LogP contribution >= 0.6 is 0 Å². The molecule has 0 saturated heterocycles. The van der Waals surface area contributed by atoms with Crippen molar-refractivity contribution in [1.82, 2.24) is 4.72 Å². The molecule has 2 N–H and O–H groups in total. The average molecular weight is 477 g/mol. The second-order valence-electron chi connectivity index (χ2n) is 8.46. The van der Waals surface area contributed by atoms with Crippen molar-refractivity contribution >= 4 is 21.6 Å². The highest BCUT2D eigenvalue weighted by Crippen LogP contribution is 2.31. The summed E-state index contributed by atoms with van der Waals surface area (Å²) in [6.07, 6.45) is -4.52. The largest absolute Gasteiger partial charge is 0.416 e. The molecule has 0 unspecified atom stereocenters. The Bertz CT molecular complexity index is 1260. The second-order valence-corrected chi connectivity index (χ2v) is 10.1. The Morgan fingerprint density at radius 2 is 1.48 bits per heavy atom. The zero-order valence-corrected chi connectivity index (χ0v) is 19.0. The maximum atomic E-state index is 12.9. The van der Waals surface area contributed by atoms with Gasteiger partial charge in [-0.15, -0.1) is 0 Å². The SMILES string of the molecule is CC(C)(C)NS(=O)(=O)c1ccccc1-c1ccc(C(=O)Nc2cccc(C(F)(F)F)c2)cc1. The molecule has 0 aliphatic heterocycles. The number of sulfonamides is 1. The third-order valence-corrected chi connectivity index (χ3v) is 6.34. The number of hydrogen-bond donors (Lipinski definition) is 2. The van der Waals surface area contributed by atoms with Crippen molar-refractivity contribution in [2.45, 2.75) is 37.4 Å². The molecule has 0 bridgehead atoms. The lowest BCUT2D eigenvalue weighted by Crippen LogP contribution is -2.40. The van der Waals surface area contributed by atoms with Crippen molar-refractivity contribution in [1.29, 1.82) is 0 Å². The number of carbonyl (C=O) groups excluding carboxylic acids is 1. The summed E-state index contributed by atoms with van der Waals surface area (Å²) in [7, 11) is -3.80. The van der Waals surface area contributed by atoms with Gasteiger partial charge in [0.2, 0.25) is 10.0 Å². The Kier molecular flexibility index (Phi) is 6.67. The standard InChI is InChI=1S/C24H23F3N2O3S/c1-23(2,3)29-33(31,32)21-10-5-4-9-20(21)16-11-13-17(14-12-16)22(30)28-19-8-6-7-18(15-19)24(25,26)27/h4-15,29H,1-3H3,(H,28,30). The number of rotatable bonds is 5. The van der Waals surface area contributed by atoms with Gasteiger partial charge in [0, 0.05) is 22.4 Å². The Hall–Kier alpha value is -3.17. The summed E-state index contributed by atoms with van der Waals surface area (Å²) in [6, 6.07) is 17.0. The first-order valence-corrected chi connectivity index (χ1v) is 11.5. The molecule has 0 spiro atoms. The van der Waals surface area contributed by atoms with Gasteiger partial charge in [0.05, 0.1) is 10.5 Å². The van der Waals surface area contributed by atoms with Gasteiger partial charge in [-0.25, -0.2) is 13.1 Å². The molecule has 3 rings (SSSR count). The third kappa shape index (κ3) is 6.21. The van der Waals surface area contributed by atoms with E-state index < -0.39 is 33.2 Å². The molecule has 0 aliphatic carbocycles. The maximum Gasteiger partial charge on any atom is 0.416 e. The molecule has 0 fully saturated rings. The Morgan fingerprint density at radius 3 is 2.09 bits per heavy atom. The fourth-order valence-electron chi connectivity index (χ4n) is 3.18. The molecule has 3 aromatic rings. The molecule has 9 heteroatoms. The first-order chi connectivity index (χ1) is 15.3. The van der Waals surface area contributed by atoms with Gasteiger partial charge in [0.25, 0.3) is 5.91 Å². The number of benzene rings is 3. The summed E-state index contributed by atoms with van der Waals surface area (Å²) in [5, 5.41) is 2.45. The van der Waals surface area contributed by atoms with E-state index in [1.807, 2.05) is 0 Å². The predicted molar refractivity (Wildman–Crippen MR) is 121 cm³/mol. The Morgan fingerprint density at radius 1 is 0.848 bits per heavy atom. The summed E-state index contributed by atoms with van der Waals surface area (Å²) in [5.41, 5.74) is -0.276. The van der Waals surface area contributed by atoms with Gasteiger partial charge in [-0.05, 0) is 62.7 Å². The Balaban J connectivity index is 1.85. The van der Waals surface area contributed by atoms with Gasteiger partial charge in [0.15, 0.2) is 0 Å². The van der Waals surface area contributed by atoms with Gasteiger partial charge in [-0.1, -0.05) is 36.4 Å². The molecule has 0 heterocycles. The number of carbonyl (C=O) groups is 1. The molecular weight excluding hydrogens is 453 g/mol. The minimum absolute atomic E-state index is 0.0172. The predicted octanol–water partition coefficient (Wildman–Crippen LogP) is 5.70. The average Bonchev–Trinajstić information content (AvgIpc) is 2.72. The van der Waals surface area contributed by atoms with E-state index in [9.17, 15) is 26.4 Å². The molecule has 5 nitrogen and oxygen atoms in total. The lowest BCUT2D eigenvalue weighted by atomic mass is 10.0. The maximum absolute atomic E-state index is 12.9. The van der Waals surface area contributed by atoms with Gasteiger partial charge >= 0.3 is 6.18 Å². The minimum atomic E-state index is -4.52. The first kappa shape index (κ1) is 24.5. The fourth-order valence-corrected chi connectivity index (χ4v) is 4.82. The van der Waals surface area contributed by atoms with E-state index >= 15 is 0 Å². The topological polar surface area (TPSA) is 75.3 Å². The van der Waals surface area contributed by atoms with Crippen LogP contribution in [0.3, 0.4) is 0 Å². The number of amides is 1. The molecule has 33 heavy (non-hydrogen) atoms. The van der Waals surface area contributed by atoms with E-state index in [4.69, 9.17) is 0 Å². The third-order valence-electron chi connectivity index (χ3n) is 4.52. The fraction of sp³-hybridized carbons (Fsp3) is 0.208. The highest BCUT2D eigenvalue weighted by molar-refractivity contribution is 7.89. The lowest BCUT2D eigenvalue weighted by molar-refractivity contribution is -0.137. The van der Waals surface area contributed by atoms with Crippen LogP contribution in [0.4, 0.5) is 18.9 Å². The number of hydrogen-bond acceptors (Lipinski definition) is 3. The van der Waals surface area contributed by atoms with E-state index in [2.05, 4.69) is 10.0 Å². The number of halogens is 3. The number of anilines is 1. The van der Waals surface area contributed by atoms with E-state index in [0.29, 0.717) is 11.1 Å². The number of nitrogens with one attached hydrogen (secondary N) is 2. The normalized spacial score (nSPS) is 12.4. The van der Waals surface area contributed by atoms with Crippen molar-refractivity contribution in [3.05, 3.63) is 83.9 Å². The molecule has 0 saturated carbocycles. The minimum Gasteiger partial charge on any atom is -0.322 e. The molecule has 0 aliphatic rings. The van der Waals surface area contributed by atoms with Crippen LogP contribution in [0.1, 0.15) is 36.7 Å². The summed E-state index contributed by atoms with van der Waals surface area (Å²) < 4.78 is 67.0. The van der Waals surface area contributed by atoms with Crippen LogP contribution in [-0.2, 0) is 16.2 Å². The zero-order valence-electron chi connectivity index (χ0n) is 18.2. The van der Waals surface area contributed by atoms with Crippen molar-refractivity contribution in [2.24, 2.45) is 0 Å². The molecule has 1 amide bonds. The quantitative estimate of drug-likeness (QED) is 0.496. The van der Waals surface area contributed by atoms with Crippen LogP contribution in [0.25, 0.3) is 11.1 Å². The molecule has 0 atom stereocenters. The zero-order chi connectivity index (χ0) is 24.4. The summed E-state index contributed by atoms with van der Waals surface area (Å²) in [5.74, 6) is -0.587. The highest BCUT2D eigenvalue weighted by Gasteiger charge is 2.30. The first-order valence-electron chi connectivity index (χ1n) is 9.98. The smallest absolute Gasteiger partial charge is 0.322 e. The summed E-state index contributed by atoms with van der Waals surface area (Å²) >= 11 is 0. The number of alkyl halides is 3. The van der Waals surface area contributed by atoms with Crippen molar-refractivity contribution in [2.75, 3.05) is 5.32 Å². The summed E-state index contributed by atoms with van der Waals surface area (Å²) in [6.45, 7) is 5.22. The van der Waals surface area contributed by atoms with E-state index in [1.165, 1.54) is 30.3 Å². The molecular formula is C24H23F3N2O3S. The van der Waals surface area contributed by atoms with Crippen LogP contribution in [0.2, 0.25) is 0 Å². The molecule has 0 aromatic heterocycles. The monoisotopic (exact) mass is 476 g/mol. The van der Waals surface area contributed by atoms with Crippen molar-refractivity contribution < 1.29 is 26.4 Å². The van der Waals surface area contributed by atoms with E-state index in [0.717, 1.165) is 12.1 Å². The van der Waals surface area contributed by atoms with E-state index in [1.54, 1.807) is 51.1 Å². The Labute approximate surface area is 190 Å². The second kappa shape index (κ2) is 8.99. The van der Waals surface area contributed by atoms with Crippen LogP contribution in [0.15, 0.2) is 77.7 Å². The summed E-state index contributed by atoms with van der Waals surface area (Å²) in [4.78, 5) is 12.6. The van der Waals surface area contributed by atoms with Gasteiger partial charge in [0.1, 0.15) is 0 Å². The molecule has 0 radical (unpaired) electrons. The van der Waals surface area contributed by atoms with Crippen LogP contribution in [0.5, 0.6) is 0 Å². The van der Waals surface area contributed by atoms with Gasteiger partial charge < -0.3 is 5.32 Å². The molecule has 174 valence electrons. The lowest BCUT2D eigenvalue weighted by Gasteiger charge is -2.21. The van der Waals surface area contributed by atoms with Crippen LogP contribution in [0, 0.1) is 0 Å². The van der Waals surface area contributed by atoms with Crippen molar-refractivity contribution in [3.8, 4) is 11.1 Å². The van der Waals surface area contributed by atoms with Crippen LogP contribution in [-0.4, -0.2) is 19.9 Å². The van der Waals surface area contributed by atoms with Gasteiger partial charge in [-0.3, -0.25) is 4.79 Å². The van der Waals surface area contributed by atoms with Crippen molar-refractivity contribution in [3.63, 3.8) is 0 Å². The van der Waals surface area contributed by atoms with Gasteiger partial charge in [-0.2, -0.15) is 13.2 Å².